The lowest BCUT2D eigenvalue weighted by Crippen LogP contribution is -2.41. The summed E-state index contributed by atoms with van der Waals surface area (Å²) in [6.45, 7) is 5.18. The zero-order valence-electron chi connectivity index (χ0n) is 10.6. The fourth-order valence-electron chi connectivity index (χ4n) is 2.49. The molecule has 1 atom stereocenters. The monoisotopic (exact) mass is 252 g/mol. The molecule has 0 saturated carbocycles. The van der Waals surface area contributed by atoms with E-state index in [4.69, 9.17) is 17.3 Å². The maximum atomic E-state index is 6.38. The molecule has 2 N–H and O–H groups in total. The zero-order chi connectivity index (χ0) is 12.4. The number of benzene rings is 1. The van der Waals surface area contributed by atoms with Gasteiger partial charge in [0.15, 0.2) is 0 Å². The third-order valence-corrected chi connectivity index (χ3v) is 4.02. The van der Waals surface area contributed by atoms with Gasteiger partial charge in [0.2, 0.25) is 0 Å². The first-order valence-electron chi connectivity index (χ1n) is 6.29. The maximum absolute atomic E-state index is 6.38. The Morgan fingerprint density at radius 1 is 1.47 bits per heavy atom. The minimum absolute atomic E-state index is 0.496. The number of likely N-dealkylation sites (N-methyl/N-ethyl adjacent to an activating group) is 1. The predicted octanol–water partition coefficient (Wildman–Crippen LogP) is 2.82. The fraction of sp³-hybridized carbons (Fsp3) is 0.571. The quantitative estimate of drug-likeness (QED) is 0.893. The summed E-state index contributed by atoms with van der Waals surface area (Å²) in [6, 6.07) is 6.53. The molecule has 1 aromatic carbocycles. The second-order valence-electron chi connectivity index (χ2n) is 5.18. The van der Waals surface area contributed by atoms with Gasteiger partial charge < -0.3 is 10.6 Å². The Labute approximate surface area is 109 Å². The number of likely N-dealkylation sites (tertiary alicyclic amines) is 1. The summed E-state index contributed by atoms with van der Waals surface area (Å²) in [5.74, 6) is 1.11. The fourth-order valence-corrected chi connectivity index (χ4v) is 2.84. The van der Waals surface area contributed by atoms with E-state index in [0.29, 0.717) is 11.8 Å². The van der Waals surface area contributed by atoms with Gasteiger partial charge in [0, 0.05) is 24.0 Å². The highest BCUT2D eigenvalue weighted by Gasteiger charge is 2.26. The van der Waals surface area contributed by atoms with Crippen molar-refractivity contribution in [1.29, 1.82) is 0 Å². The minimum atomic E-state index is 0.496. The van der Waals surface area contributed by atoms with E-state index in [1.165, 1.54) is 11.1 Å². The van der Waals surface area contributed by atoms with Crippen molar-refractivity contribution in [1.82, 2.24) is 4.90 Å². The van der Waals surface area contributed by atoms with Crippen molar-refractivity contribution < 1.29 is 0 Å². The Balaban J connectivity index is 2.11. The van der Waals surface area contributed by atoms with Crippen LogP contribution in [0.2, 0.25) is 5.02 Å². The molecule has 0 aromatic heterocycles. The normalized spacial score (nSPS) is 19.1. The van der Waals surface area contributed by atoms with Crippen LogP contribution in [-0.4, -0.2) is 31.6 Å². The highest BCUT2D eigenvalue weighted by molar-refractivity contribution is 6.31. The molecule has 1 unspecified atom stereocenters. The summed E-state index contributed by atoms with van der Waals surface area (Å²) >= 11 is 6.38. The number of rotatable bonds is 4. The average Bonchev–Trinajstić information content (AvgIpc) is 2.25. The second-order valence-corrected chi connectivity index (χ2v) is 5.58. The first kappa shape index (κ1) is 12.9. The zero-order valence-corrected chi connectivity index (χ0v) is 11.4. The Bertz CT molecular complexity index is 386. The van der Waals surface area contributed by atoms with E-state index in [0.717, 1.165) is 31.1 Å². The molecule has 2 rings (SSSR count). The van der Waals surface area contributed by atoms with Crippen LogP contribution in [0.1, 0.15) is 36.3 Å². The van der Waals surface area contributed by atoms with Gasteiger partial charge in [-0.2, -0.15) is 0 Å². The lowest BCUT2D eigenvalue weighted by Gasteiger charge is -2.37. The van der Waals surface area contributed by atoms with E-state index in [9.17, 15) is 0 Å². The van der Waals surface area contributed by atoms with E-state index in [2.05, 4.69) is 37.1 Å². The third kappa shape index (κ3) is 2.82. The number of nitrogens with zero attached hydrogens (tertiary/aromatic N) is 1. The van der Waals surface area contributed by atoms with Gasteiger partial charge in [0.1, 0.15) is 0 Å². The van der Waals surface area contributed by atoms with E-state index in [-0.39, 0.29) is 0 Å². The number of nitrogens with two attached hydrogens (primary N) is 1. The lowest BCUT2D eigenvalue weighted by molar-refractivity contribution is 0.190. The van der Waals surface area contributed by atoms with E-state index < -0.39 is 0 Å². The van der Waals surface area contributed by atoms with Crippen LogP contribution in [0.3, 0.4) is 0 Å². The Kier molecular flexibility index (Phi) is 4.08. The molecule has 0 radical (unpaired) electrons. The van der Waals surface area contributed by atoms with Crippen molar-refractivity contribution in [3.8, 4) is 0 Å². The van der Waals surface area contributed by atoms with Crippen molar-refractivity contribution in [2.24, 2.45) is 5.73 Å². The van der Waals surface area contributed by atoms with Crippen LogP contribution in [0.5, 0.6) is 0 Å². The summed E-state index contributed by atoms with van der Waals surface area (Å²) < 4.78 is 0. The van der Waals surface area contributed by atoms with Gasteiger partial charge in [-0.25, -0.2) is 0 Å². The lowest BCUT2D eigenvalue weighted by atomic mass is 9.89. The Hall–Kier alpha value is -0.570. The highest BCUT2D eigenvalue weighted by Crippen LogP contribution is 2.33. The standard InChI is InChI=1S/C14H21ClN2/c1-10(5-6-16)11-3-4-13(14(15)7-11)12-8-17(2)9-12/h3-4,7,10,12H,5-6,8-9,16H2,1-2H3. The molecular formula is C14H21ClN2. The molecule has 0 bridgehead atoms. The van der Waals surface area contributed by atoms with E-state index in [1.807, 2.05) is 0 Å². The van der Waals surface area contributed by atoms with Crippen LogP contribution in [-0.2, 0) is 0 Å². The molecule has 17 heavy (non-hydrogen) atoms. The van der Waals surface area contributed by atoms with Crippen molar-refractivity contribution in [2.45, 2.75) is 25.2 Å². The topological polar surface area (TPSA) is 29.3 Å². The van der Waals surface area contributed by atoms with Crippen molar-refractivity contribution in [3.05, 3.63) is 34.3 Å². The van der Waals surface area contributed by atoms with Crippen molar-refractivity contribution >= 4 is 11.6 Å². The molecule has 1 aromatic rings. The van der Waals surface area contributed by atoms with Gasteiger partial charge in [-0.05, 0) is 43.1 Å². The summed E-state index contributed by atoms with van der Waals surface area (Å²) in [5.41, 5.74) is 8.19. The van der Waals surface area contributed by atoms with Crippen LogP contribution in [0, 0.1) is 0 Å². The number of hydrogen-bond donors (Lipinski definition) is 1. The molecular weight excluding hydrogens is 232 g/mol. The number of halogens is 1. The molecule has 0 aliphatic carbocycles. The van der Waals surface area contributed by atoms with Crippen molar-refractivity contribution in [3.63, 3.8) is 0 Å². The van der Waals surface area contributed by atoms with Crippen molar-refractivity contribution in [2.75, 3.05) is 26.7 Å². The smallest absolute Gasteiger partial charge is 0.0444 e. The first-order valence-corrected chi connectivity index (χ1v) is 6.67. The van der Waals surface area contributed by atoms with Gasteiger partial charge in [-0.1, -0.05) is 30.7 Å². The van der Waals surface area contributed by atoms with Crippen LogP contribution in [0.4, 0.5) is 0 Å². The van der Waals surface area contributed by atoms with Gasteiger partial charge in [-0.15, -0.1) is 0 Å². The molecule has 1 aliphatic heterocycles. The molecule has 0 spiro atoms. The average molecular weight is 253 g/mol. The van der Waals surface area contributed by atoms with E-state index in [1.54, 1.807) is 0 Å². The van der Waals surface area contributed by atoms with Crippen LogP contribution < -0.4 is 5.73 Å². The second kappa shape index (κ2) is 5.38. The van der Waals surface area contributed by atoms with Gasteiger partial charge in [0.05, 0.1) is 0 Å². The Morgan fingerprint density at radius 3 is 2.71 bits per heavy atom. The molecule has 2 nitrogen and oxygen atoms in total. The molecule has 1 aliphatic rings. The van der Waals surface area contributed by atoms with Gasteiger partial charge in [0.25, 0.3) is 0 Å². The molecule has 1 heterocycles. The molecule has 3 heteroatoms. The SMILES string of the molecule is CC(CCN)c1ccc(C2CN(C)C2)c(Cl)c1. The minimum Gasteiger partial charge on any atom is -0.330 e. The van der Waals surface area contributed by atoms with E-state index >= 15 is 0 Å². The molecule has 1 saturated heterocycles. The largest absolute Gasteiger partial charge is 0.330 e. The predicted molar refractivity (Wildman–Crippen MR) is 73.8 cm³/mol. The summed E-state index contributed by atoms with van der Waals surface area (Å²) in [6.07, 6.45) is 1.02. The molecule has 0 amide bonds. The Morgan fingerprint density at radius 2 is 2.18 bits per heavy atom. The van der Waals surface area contributed by atoms with Gasteiger partial charge in [-0.3, -0.25) is 0 Å². The molecule has 1 fully saturated rings. The summed E-state index contributed by atoms with van der Waals surface area (Å²) in [5, 5.41) is 0.921. The summed E-state index contributed by atoms with van der Waals surface area (Å²) in [4.78, 5) is 2.31. The highest BCUT2D eigenvalue weighted by atomic mass is 35.5. The van der Waals surface area contributed by atoms with Crippen LogP contribution in [0.25, 0.3) is 0 Å². The van der Waals surface area contributed by atoms with Crippen LogP contribution in [0.15, 0.2) is 18.2 Å². The third-order valence-electron chi connectivity index (χ3n) is 3.70. The van der Waals surface area contributed by atoms with Gasteiger partial charge >= 0.3 is 0 Å². The van der Waals surface area contributed by atoms with Crippen LogP contribution >= 0.6 is 11.6 Å². The molecule has 94 valence electrons. The number of hydrogen-bond acceptors (Lipinski definition) is 2. The maximum Gasteiger partial charge on any atom is 0.0444 e. The first-order chi connectivity index (χ1) is 8.11. The summed E-state index contributed by atoms with van der Waals surface area (Å²) in [7, 11) is 2.14.